The van der Waals surface area contributed by atoms with Gasteiger partial charge in [-0.15, -0.1) is 5.10 Å². The molecule has 0 bridgehead atoms. The van der Waals surface area contributed by atoms with Gasteiger partial charge in [0.25, 0.3) is 0 Å². The molecule has 2 atom stereocenters. The fourth-order valence-corrected chi connectivity index (χ4v) is 2.68. The maximum Gasteiger partial charge on any atom is 0.0762 e. The minimum Gasteiger partial charge on any atom is -0.308 e. The molecule has 21 heavy (non-hydrogen) atoms. The van der Waals surface area contributed by atoms with Gasteiger partial charge in [-0.3, -0.25) is 0 Å². The third kappa shape index (κ3) is 3.91. The van der Waals surface area contributed by atoms with Gasteiger partial charge in [0.15, 0.2) is 0 Å². The van der Waals surface area contributed by atoms with Crippen molar-refractivity contribution in [3.05, 3.63) is 47.8 Å². The zero-order valence-corrected chi connectivity index (χ0v) is 13.3. The van der Waals surface area contributed by atoms with Crippen LogP contribution in [0.25, 0.3) is 0 Å². The third-order valence-electron chi connectivity index (χ3n) is 3.84. The molecule has 0 aliphatic rings. The topological polar surface area (TPSA) is 42.7 Å². The van der Waals surface area contributed by atoms with E-state index < -0.39 is 0 Å². The van der Waals surface area contributed by atoms with Crippen molar-refractivity contribution in [1.29, 1.82) is 0 Å². The summed E-state index contributed by atoms with van der Waals surface area (Å²) in [4.78, 5) is 0. The summed E-state index contributed by atoms with van der Waals surface area (Å²) in [5, 5.41) is 12.0. The van der Waals surface area contributed by atoms with Gasteiger partial charge in [-0.25, -0.2) is 4.68 Å². The van der Waals surface area contributed by atoms with Crippen LogP contribution in [0.4, 0.5) is 0 Å². The Balaban J connectivity index is 2.27. The Kier molecular flexibility index (Phi) is 5.93. The summed E-state index contributed by atoms with van der Waals surface area (Å²) in [6.07, 6.45) is 4.09. The second kappa shape index (κ2) is 7.93. The number of aryl methyl sites for hydroxylation is 1. The molecule has 1 aromatic heterocycles. The molecule has 0 radical (unpaired) electrons. The molecular weight excluding hydrogens is 260 g/mol. The van der Waals surface area contributed by atoms with Crippen LogP contribution in [0.15, 0.2) is 36.5 Å². The molecule has 1 N–H and O–H groups in total. The highest BCUT2D eigenvalue weighted by Gasteiger charge is 2.23. The Labute approximate surface area is 127 Å². The van der Waals surface area contributed by atoms with Gasteiger partial charge in [-0.05, 0) is 24.9 Å². The molecule has 0 saturated carbocycles. The highest BCUT2D eigenvalue weighted by Crippen LogP contribution is 2.30. The first kappa shape index (κ1) is 15.7. The van der Waals surface area contributed by atoms with Crippen LogP contribution in [-0.2, 0) is 6.54 Å². The van der Waals surface area contributed by atoms with Crippen LogP contribution in [0.2, 0.25) is 0 Å². The van der Waals surface area contributed by atoms with Crippen LogP contribution < -0.4 is 5.32 Å². The first-order chi connectivity index (χ1) is 10.3. The second-order valence-electron chi connectivity index (χ2n) is 5.51. The van der Waals surface area contributed by atoms with Crippen molar-refractivity contribution >= 4 is 0 Å². The standard InChI is InChI=1S/C17H26N4/c1-4-11-18-17(14(3)15-9-7-6-8-10-15)16-13-19-20-21(16)12-5-2/h6-10,13-14,17-18H,4-5,11-12H2,1-3H3. The quantitative estimate of drug-likeness (QED) is 0.807. The fourth-order valence-electron chi connectivity index (χ4n) is 2.68. The second-order valence-corrected chi connectivity index (χ2v) is 5.51. The average molecular weight is 286 g/mol. The molecule has 0 aliphatic heterocycles. The van der Waals surface area contributed by atoms with Crippen molar-refractivity contribution in [1.82, 2.24) is 20.3 Å². The molecule has 0 amide bonds. The van der Waals surface area contributed by atoms with E-state index in [2.05, 4.69) is 66.7 Å². The van der Waals surface area contributed by atoms with E-state index in [0.717, 1.165) is 25.9 Å². The lowest BCUT2D eigenvalue weighted by Crippen LogP contribution is -2.29. The number of nitrogens with one attached hydrogen (secondary N) is 1. The van der Waals surface area contributed by atoms with E-state index in [9.17, 15) is 0 Å². The molecule has 1 aromatic carbocycles. The van der Waals surface area contributed by atoms with Gasteiger partial charge in [0.05, 0.1) is 17.9 Å². The normalized spacial score (nSPS) is 14.0. The van der Waals surface area contributed by atoms with Crippen LogP contribution in [0.3, 0.4) is 0 Å². The van der Waals surface area contributed by atoms with Crippen LogP contribution in [0.1, 0.15) is 56.8 Å². The lowest BCUT2D eigenvalue weighted by Gasteiger charge is -2.26. The van der Waals surface area contributed by atoms with Gasteiger partial charge in [0.2, 0.25) is 0 Å². The van der Waals surface area contributed by atoms with E-state index in [-0.39, 0.29) is 6.04 Å². The van der Waals surface area contributed by atoms with E-state index in [1.54, 1.807) is 0 Å². The van der Waals surface area contributed by atoms with Gasteiger partial charge < -0.3 is 5.32 Å². The summed E-state index contributed by atoms with van der Waals surface area (Å²) in [5.74, 6) is 0.381. The Morgan fingerprint density at radius 1 is 1.14 bits per heavy atom. The van der Waals surface area contributed by atoms with Crippen molar-refractivity contribution in [2.24, 2.45) is 0 Å². The predicted octanol–water partition coefficient (Wildman–Crippen LogP) is 3.53. The Hall–Kier alpha value is -1.68. The number of nitrogens with zero attached hydrogens (tertiary/aromatic N) is 3. The van der Waals surface area contributed by atoms with E-state index >= 15 is 0 Å². The molecule has 2 rings (SSSR count). The monoisotopic (exact) mass is 286 g/mol. The van der Waals surface area contributed by atoms with Crippen molar-refractivity contribution in [2.75, 3.05) is 6.54 Å². The van der Waals surface area contributed by atoms with E-state index in [4.69, 9.17) is 0 Å². The van der Waals surface area contributed by atoms with Crippen LogP contribution >= 0.6 is 0 Å². The molecule has 2 aromatic rings. The molecule has 4 nitrogen and oxygen atoms in total. The third-order valence-corrected chi connectivity index (χ3v) is 3.84. The molecule has 114 valence electrons. The molecule has 0 aliphatic carbocycles. The maximum absolute atomic E-state index is 4.24. The first-order valence-corrected chi connectivity index (χ1v) is 7.94. The molecule has 2 unspecified atom stereocenters. The van der Waals surface area contributed by atoms with E-state index in [1.807, 2.05) is 10.9 Å². The zero-order valence-electron chi connectivity index (χ0n) is 13.3. The molecule has 0 spiro atoms. The smallest absolute Gasteiger partial charge is 0.0762 e. The highest BCUT2D eigenvalue weighted by molar-refractivity contribution is 5.23. The summed E-state index contributed by atoms with van der Waals surface area (Å²) in [7, 11) is 0. The summed E-state index contributed by atoms with van der Waals surface area (Å²) in [5.41, 5.74) is 2.53. The van der Waals surface area contributed by atoms with Crippen molar-refractivity contribution in [3.8, 4) is 0 Å². The lowest BCUT2D eigenvalue weighted by molar-refractivity contribution is 0.422. The largest absolute Gasteiger partial charge is 0.308 e. The molecule has 0 fully saturated rings. The maximum atomic E-state index is 4.24. The van der Waals surface area contributed by atoms with Gasteiger partial charge in [-0.2, -0.15) is 0 Å². The Bertz CT molecular complexity index is 521. The molecule has 0 saturated heterocycles. The summed E-state index contributed by atoms with van der Waals surface area (Å²) < 4.78 is 2.03. The first-order valence-electron chi connectivity index (χ1n) is 7.94. The van der Waals surface area contributed by atoms with Gasteiger partial charge >= 0.3 is 0 Å². The van der Waals surface area contributed by atoms with Crippen LogP contribution in [-0.4, -0.2) is 21.5 Å². The van der Waals surface area contributed by atoms with Crippen LogP contribution in [0, 0.1) is 0 Å². The Morgan fingerprint density at radius 3 is 2.57 bits per heavy atom. The van der Waals surface area contributed by atoms with Crippen molar-refractivity contribution in [3.63, 3.8) is 0 Å². The summed E-state index contributed by atoms with van der Waals surface area (Å²) >= 11 is 0. The summed E-state index contributed by atoms with van der Waals surface area (Å²) in [6.45, 7) is 8.55. The lowest BCUT2D eigenvalue weighted by atomic mass is 9.91. The van der Waals surface area contributed by atoms with E-state index in [1.165, 1.54) is 11.3 Å². The number of benzene rings is 1. The SMILES string of the molecule is CCCNC(c1cnnn1CCC)C(C)c1ccccc1. The summed E-state index contributed by atoms with van der Waals surface area (Å²) in [6, 6.07) is 10.9. The molecule has 1 heterocycles. The number of rotatable bonds is 8. The number of hydrogen-bond donors (Lipinski definition) is 1. The average Bonchev–Trinajstić information content (AvgIpc) is 2.97. The van der Waals surface area contributed by atoms with Gasteiger partial charge in [0, 0.05) is 12.5 Å². The molecular formula is C17H26N4. The minimum absolute atomic E-state index is 0.244. The molecule has 4 heteroatoms. The zero-order chi connectivity index (χ0) is 15.1. The Morgan fingerprint density at radius 2 is 1.90 bits per heavy atom. The van der Waals surface area contributed by atoms with Gasteiger partial charge in [-0.1, -0.05) is 56.3 Å². The predicted molar refractivity (Wildman–Crippen MR) is 86.2 cm³/mol. The minimum atomic E-state index is 0.244. The van der Waals surface area contributed by atoms with Gasteiger partial charge in [0.1, 0.15) is 0 Å². The van der Waals surface area contributed by atoms with Crippen molar-refractivity contribution < 1.29 is 0 Å². The number of aromatic nitrogens is 3. The fraction of sp³-hybridized carbons (Fsp3) is 0.529. The van der Waals surface area contributed by atoms with Crippen molar-refractivity contribution in [2.45, 2.75) is 52.1 Å². The van der Waals surface area contributed by atoms with E-state index in [0.29, 0.717) is 5.92 Å². The van der Waals surface area contributed by atoms with Crippen LogP contribution in [0.5, 0.6) is 0 Å². The highest BCUT2D eigenvalue weighted by atomic mass is 15.4. The number of hydrogen-bond acceptors (Lipinski definition) is 3.